The van der Waals surface area contributed by atoms with Crippen LogP contribution in [0.25, 0.3) is 0 Å². The molecule has 23 heavy (non-hydrogen) atoms. The normalized spacial score (nSPS) is 10.7. The quantitative estimate of drug-likeness (QED) is 0.795. The van der Waals surface area contributed by atoms with Crippen LogP contribution in [0.3, 0.4) is 0 Å². The number of amides is 1. The predicted octanol–water partition coefficient (Wildman–Crippen LogP) is 3.44. The van der Waals surface area contributed by atoms with Gasteiger partial charge in [-0.15, -0.1) is 0 Å². The summed E-state index contributed by atoms with van der Waals surface area (Å²) in [4.78, 5) is 16.7. The van der Waals surface area contributed by atoms with Crippen LogP contribution >= 0.6 is 11.6 Å². The number of carbonyl (C=O) groups is 1. The highest BCUT2D eigenvalue weighted by atomic mass is 35.5. The Kier molecular flexibility index (Phi) is 4.16. The van der Waals surface area contributed by atoms with Gasteiger partial charge in [-0.25, -0.2) is 0 Å². The first-order chi connectivity index (χ1) is 11.0. The van der Waals surface area contributed by atoms with E-state index in [0.717, 1.165) is 5.56 Å². The molecule has 118 valence electrons. The van der Waals surface area contributed by atoms with Gasteiger partial charge in [-0.05, 0) is 36.8 Å². The van der Waals surface area contributed by atoms with E-state index in [1.54, 1.807) is 42.0 Å². The monoisotopic (exact) mass is 330 g/mol. The van der Waals surface area contributed by atoms with Crippen LogP contribution in [-0.2, 0) is 6.54 Å². The van der Waals surface area contributed by atoms with Gasteiger partial charge in [0.15, 0.2) is 5.82 Å². The molecule has 7 heteroatoms. The molecule has 3 aromatic rings. The smallest absolute Gasteiger partial charge is 0.272 e. The van der Waals surface area contributed by atoms with Crippen molar-refractivity contribution in [2.75, 3.05) is 5.32 Å². The summed E-state index contributed by atoms with van der Waals surface area (Å²) in [6.45, 7) is 4.00. The molecular formula is C16H15ClN4O2. The topological polar surface area (TPSA) is 73.0 Å². The highest BCUT2D eigenvalue weighted by molar-refractivity contribution is 6.31. The Hall–Kier alpha value is -2.60. The minimum absolute atomic E-state index is 0.222. The lowest BCUT2D eigenvalue weighted by Crippen LogP contribution is -2.18. The molecule has 0 saturated carbocycles. The number of rotatable bonds is 4. The molecular weight excluding hydrogens is 316 g/mol. The lowest BCUT2D eigenvalue weighted by Gasteiger charge is -2.10. The fraction of sp³-hybridized carbons (Fsp3) is 0.188. The number of halogens is 1. The van der Waals surface area contributed by atoms with Crippen LogP contribution in [0.4, 0.5) is 5.69 Å². The fourth-order valence-corrected chi connectivity index (χ4v) is 2.40. The van der Waals surface area contributed by atoms with Crippen LogP contribution in [0, 0.1) is 13.8 Å². The van der Waals surface area contributed by atoms with E-state index >= 15 is 0 Å². The summed E-state index contributed by atoms with van der Waals surface area (Å²) >= 11 is 5.98. The van der Waals surface area contributed by atoms with Crippen LogP contribution < -0.4 is 5.32 Å². The van der Waals surface area contributed by atoms with Crippen molar-refractivity contribution in [3.63, 3.8) is 0 Å². The molecule has 0 aliphatic heterocycles. The van der Waals surface area contributed by atoms with E-state index in [4.69, 9.17) is 16.1 Å². The van der Waals surface area contributed by atoms with Gasteiger partial charge in [0.1, 0.15) is 5.69 Å². The number of aromatic nitrogens is 3. The maximum Gasteiger partial charge on any atom is 0.272 e. The zero-order valence-electron chi connectivity index (χ0n) is 12.7. The van der Waals surface area contributed by atoms with E-state index in [-0.39, 0.29) is 5.91 Å². The minimum Gasteiger partial charge on any atom is -0.340 e. The third-order valence-corrected chi connectivity index (χ3v) is 3.63. The molecule has 2 heterocycles. The zero-order valence-corrected chi connectivity index (χ0v) is 13.5. The van der Waals surface area contributed by atoms with Crippen molar-refractivity contribution in [3.05, 3.63) is 64.5 Å². The second-order valence-corrected chi connectivity index (χ2v) is 5.60. The summed E-state index contributed by atoms with van der Waals surface area (Å²) in [6.07, 6.45) is 1.80. The molecule has 0 spiro atoms. The Labute approximate surface area is 138 Å². The average Bonchev–Trinajstić information content (AvgIpc) is 3.12. The lowest BCUT2D eigenvalue weighted by atomic mass is 10.2. The van der Waals surface area contributed by atoms with Crippen molar-refractivity contribution in [2.45, 2.75) is 20.4 Å². The van der Waals surface area contributed by atoms with E-state index in [1.807, 2.05) is 13.0 Å². The fourth-order valence-electron chi connectivity index (χ4n) is 2.23. The maximum atomic E-state index is 12.5. The molecule has 1 amide bonds. The second kappa shape index (κ2) is 6.26. The van der Waals surface area contributed by atoms with Gasteiger partial charge < -0.3 is 14.4 Å². The number of hydrogen-bond acceptors (Lipinski definition) is 4. The Morgan fingerprint density at radius 3 is 2.91 bits per heavy atom. The molecule has 0 radical (unpaired) electrons. The SMILES string of the molecule is Cc1nc(Cn2cccc2C(=O)Nc2cc(Cl)ccc2C)no1. The van der Waals surface area contributed by atoms with Crippen LogP contribution in [0.1, 0.15) is 27.8 Å². The van der Waals surface area contributed by atoms with E-state index in [9.17, 15) is 4.79 Å². The Morgan fingerprint density at radius 2 is 2.17 bits per heavy atom. The van der Waals surface area contributed by atoms with Crippen molar-refractivity contribution >= 4 is 23.2 Å². The first kappa shape index (κ1) is 15.3. The standard InChI is InChI=1S/C16H15ClN4O2/c1-10-5-6-12(17)8-13(10)19-16(22)14-4-3-7-21(14)9-15-18-11(2)23-20-15/h3-8H,9H2,1-2H3,(H,19,22). The third kappa shape index (κ3) is 3.43. The number of nitrogens with zero attached hydrogens (tertiary/aromatic N) is 3. The van der Waals surface area contributed by atoms with Gasteiger partial charge in [0.2, 0.25) is 5.89 Å². The van der Waals surface area contributed by atoms with Gasteiger partial charge in [-0.2, -0.15) is 4.98 Å². The predicted molar refractivity (Wildman–Crippen MR) is 86.7 cm³/mol. The number of carbonyl (C=O) groups excluding carboxylic acids is 1. The lowest BCUT2D eigenvalue weighted by molar-refractivity contribution is 0.101. The first-order valence-corrected chi connectivity index (χ1v) is 7.42. The number of hydrogen-bond donors (Lipinski definition) is 1. The molecule has 6 nitrogen and oxygen atoms in total. The molecule has 2 aromatic heterocycles. The van der Waals surface area contributed by atoms with Crippen LogP contribution in [0.2, 0.25) is 5.02 Å². The van der Waals surface area contributed by atoms with E-state index in [2.05, 4.69) is 15.5 Å². The van der Waals surface area contributed by atoms with Crippen molar-refractivity contribution < 1.29 is 9.32 Å². The number of benzene rings is 1. The zero-order chi connectivity index (χ0) is 16.4. The number of aryl methyl sites for hydroxylation is 2. The Bertz CT molecular complexity index is 853. The van der Waals surface area contributed by atoms with E-state index < -0.39 is 0 Å². The summed E-state index contributed by atoms with van der Waals surface area (Å²) in [5, 5.41) is 7.29. The van der Waals surface area contributed by atoms with Crippen molar-refractivity contribution in [2.24, 2.45) is 0 Å². The van der Waals surface area contributed by atoms with E-state index in [0.29, 0.717) is 34.7 Å². The van der Waals surface area contributed by atoms with Crippen molar-refractivity contribution in [3.8, 4) is 0 Å². The Morgan fingerprint density at radius 1 is 1.35 bits per heavy atom. The molecule has 0 saturated heterocycles. The summed E-state index contributed by atoms with van der Waals surface area (Å²) < 4.78 is 6.71. The highest BCUT2D eigenvalue weighted by Gasteiger charge is 2.14. The molecule has 1 N–H and O–H groups in total. The van der Waals surface area contributed by atoms with Gasteiger partial charge in [0.25, 0.3) is 5.91 Å². The number of anilines is 1. The molecule has 0 fully saturated rings. The van der Waals surface area contributed by atoms with Gasteiger partial charge in [0, 0.05) is 23.8 Å². The van der Waals surface area contributed by atoms with Gasteiger partial charge in [-0.3, -0.25) is 4.79 Å². The average molecular weight is 331 g/mol. The van der Waals surface area contributed by atoms with Gasteiger partial charge in [0.05, 0.1) is 6.54 Å². The molecule has 0 aliphatic rings. The van der Waals surface area contributed by atoms with E-state index in [1.165, 1.54) is 0 Å². The third-order valence-electron chi connectivity index (χ3n) is 3.39. The largest absolute Gasteiger partial charge is 0.340 e. The molecule has 0 unspecified atom stereocenters. The van der Waals surface area contributed by atoms with Crippen LogP contribution in [-0.4, -0.2) is 20.6 Å². The summed E-state index contributed by atoms with van der Waals surface area (Å²) in [7, 11) is 0. The summed E-state index contributed by atoms with van der Waals surface area (Å²) in [5.41, 5.74) is 2.13. The van der Waals surface area contributed by atoms with Crippen LogP contribution in [0.15, 0.2) is 41.1 Å². The summed E-state index contributed by atoms with van der Waals surface area (Å²) in [5.74, 6) is 0.792. The molecule has 0 atom stereocenters. The molecule has 0 bridgehead atoms. The van der Waals surface area contributed by atoms with Crippen molar-refractivity contribution in [1.82, 2.24) is 14.7 Å². The number of nitrogens with one attached hydrogen (secondary N) is 1. The van der Waals surface area contributed by atoms with Gasteiger partial charge >= 0.3 is 0 Å². The highest BCUT2D eigenvalue weighted by Crippen LogP contribution is 2.21. The summed E-state index contributed by atoms with van der Waals surface area (Å²) in [6, 6.07) is 8.91. The van der Waals surface area contributed by atoms with Gasteiger partial charge in [-0.1, -0.05) is 22.8 Å². The molecule has 1 aromatic carbocycles. The Balaban J connectivity index is 1.80. The van der Waals surface area contributed by atoms with Crippen LogP contribution in [0.5, 0.6) is 0 Å². The molecule has 3 rings (SSSR count). The second-order valence-electron chi connectivity index (χ2n) is 5.16. The maximum absolute atomic E-state index is 12.5. The van der Waals surface area contributed by atoms with Crippen molar-refractivity contribution in [1.29, 1.82) is 0 Å². The first-order valence-electron chi connectivity index (χ1n) is 7.05. The minimum atomic E-state index is -0.222. The molecule has 0 aliphatic carbocycles.